The number of ether oxygens (including phenoxy) is 2. The number of ketones is 1. The molecule has 21 heavy (non-hydrogen) atoms. The van der Waals surface area contributed by atoms with Crippen LogP contribution in [0.2, 0.25) is 0 Å². The van der Waals surface area contributed by atoms with E-state index in [1.165, 1.54) is 26.4 Å². The summed E-state index contributed by atoms with van der Waals surface area (Å²) in [6, 6.07) is 13.7. The summed E-state index contributed by atoms with van der Waals surface area (Å²) in [7, 11) is 2.89. The molecule has 1 atom stereocenters. The lowest BCUT2D eigenvalue weighted by molar-refractivity contribution is -0.128. The molecule has 0 N–H and O–H groups in total. The van der Waals surface area contributed by atoms with E-state index in [0.717, 1.165) is 5.56 Å². The van der Waals surface area contributed by atoms with E-state index in [0.29, 0.717) is 5.56 Å². The van der Waals surface area contributed by atoms with Crippen LogP contribution >= 0.6 is 0 Å². The molecule has 0 heterocycles. The summed E-state index contributed by atoms with van der Waals surface area (Å²) in [6.07, 6.45) is -0.537. The van der Waals surface area contributed by atoms with Crippen molar-refractivity contribution < 1.29 is 18.7 Å². The van der Waals surface area contributed by atoms with Crippen LogP contribution in [0, 0.1) is 5.82 Å². The molecular formula is C17H17FO3. The lowest BCUT2D eigenvalue weighted by Gasteiger charge is -2.14. The Morgan fingerprint density at radius 1 is 1.14 bits per heavy atom. The molecule has 0 bridgehead atoms. The molecule has 2 rings (SSSR count). The fraction of sp³-hybridized carbons (Fsp3) is 0.235. The average Bonchev–Trinajstić information content (AvgIpc) is 2.49. The minimum atomic E-state index is -0.642. The van der Waals surface area contributed by atoms with Crippen molar-refractivity contribution in [2.75, 3.05) is 14.2 Å². The third-order valence-corrected chi connectivity index (χ3v) is 3.23. The molecule has 0 radical (unpaired) electrons. The summed E-state index contributed by atoms with van der Waals surface area (Å²) in [4.78, 5) is 12.3. The summed E-state index contributed by atoms with van der Waals surface area (Å²) < 4.78 is 23.8. The molecule has 0 aliphatic rings. The van der Waals surface area contributed by atoms with E-state index in [1.54, 1.807) is 6.07 Å². The van der Waals surface area contributed by atoms with Crippen molar-refractivity contribution in [1.82, 2.24) is 0 Å². The van der Waals surface area contributed by atoms with Gasteiger partial charge in [0.15, 0.2) is 17.3 Å². The quantitative estimate of drug-likeness (QED) is 0.818. The van der Waals surface area contributed by atoms with E-state index < -0.39 is 11.9 Å². The Morgan fingerprint density at radius 2 is 1.86 bits per heavy atom. The molecule has 2 aromatic rings. The van der Waals surface area contributed by atoms with E-state index in [4.69, 9.17) is 9.47 Å². The molecule has 0 aliphatic carbocycles. The summed E-state index contributed by atoms with van der Waals surface area (Å²) >= 11 is 0. The normalized spacial score (nSPS) is 12.0. The van der Waals surface area contributed by atoms with Gasteiger partial charge in [0.2, 0.25) is 0 Å². The number of hydrogen-bond donors (Lipinski definition) is 0. The van der Waals surface area contributed by atoms with Crippen LogP contribution in [0.15, 0.2) is 48.5 Å². The Morgan fingerprint density at radius 3 is 2.43 bits per heavy atom. The topological polar surface area (TPSA) is 35.5 Å². The van der Waals surface area contributed by atoms with Gasteiger partial charge in [-0.3, -0.25) is 4.79 Å². The first-order valence-electron chi connectivity index (χ1n) is 6.58. The molecule has 0 spiro atoms. The van der Waals surface area contributed by atoms with Gasteiger partial charge in [-0.15, -0.1) is 0 Å². The van der Waals surface area contributed by atoms with Gasteiger partial charge in [-0.2, -0.15) is 0 Å². The van der Waals surface area contributed by atoms with Crippen LogP contribution in [0.25, 0.3) is 0 Å². The molecule has 1 unspecified atom stereocenters. The minimum Gasteiger partial charge on any atom is -0.494 e. The maximum Gasteiger partial charge on any atom is 0.170 e. The molecule has 0 aliphatic heterocycles. The SMILES string of the molecule is COc1ccc(CC(=O)C(OC)c2ccccc2)cc1F. The highest BCUT2D eigenvalue weighted by molar-refractivity contribution is 5.86. The average molecular weight is 288 g/mol. The van der Waals surface area contributed by atoms with Crippen LogP contribution in [0.3, 0.4) is 0 Å². The molecule has 2 aromatic carbocycles. The van der Waals surface area contributed by atoms with Gasteiger partial charge in [0.05, 0.1) is 7.11 Å². The van der Waals surface area contributed by atoms with E-state index in [1.807, 2.05) is 30.3 Å². The van der Waals surface area contributed by atoms with E-state index in [-0.39, 0.29) is 18.0 Å². The van der Waals surface area contributed by atoms with E-state index in [2.05, 4.69) is 0 Å². The largest absolute Gasteiger partial charge is 0.494 e. The Balaban J connectivity index is 2.15. The fourth-order valence-electron chi connectivity index (χ4n) is 2.19. The Kier molecular flexibility index (Phi) is 5.06. The van der Waals surface area contributed by atoms with E-state index >= 15 is 0 Å². The third-order valence-electron chi connectivity index (χ3n) is 3.23. The molecule has 4 heteroatoms. The number of halogens is 1. The molecule has 0 saturated heterocycles. The lowest BCUT2D eigenvalue weighted by atomic mass is 10.00. The van der Waals surface area contributed by atoms with Gasteiger partial charge in [-0.25, -0.2) is 4.39 Å². The summed E-state index contributed by atoms with van der Waals surface area (Å²) in [5, 5.41) is 0. The van der Waals surface area contributed by atoms with Gasteiger partial charge >= 0.3 is 0 Å². The highest BCUT2D eigenvalue weighted by Crippen LogP contribution is 2.22. The summed E-state index contributed by atoms with van der Waals surface area (Å²) in [5.41, 5.74) is 1.38. The van der Waals surface area contributed by atoms with Crippen molar-refractivity contribution in [1.29, 1.82) is 0 Å². The number of carbonyl (C=O) groups is 1. The van der Waals surface area contributed by atoms with E-state index in [9.17, 15) is 9.18 Å². The van der Waals surface area contributed by atoms with Crippen LogP contribution in [-0.2, 0) is 16.0 Å². The van der Waals surface area contributed by atoms with Crippen molar-refractivity contribution >= 4 is 5.78 Å². The number of carbonyl (C=O) groups excluding carboxylic acids is 1. The van der Waals surface area contributed by atoms with Crippen molar-refractivity contribution in [3.8, 4) is 5.75 Å². The van der Waals surface area contributed by atoms with Gasteiger partial charge in [0.1, 0.15) is 6.10 Å². The Bertz CT molecular complexity index is 611. The molecule has 0 saturated carbocycles. The second-order valence-corrected chi connectivity index (χ2v) is 4.64. The smallest absolute Gasteiger partial charge is 0.170 e. The molecule has 0 aromatic heterocycles. The lowest BCUT2D eigenvalue weighted by Crippen LogP contribution is -2.17. The number of benzene rings is 2. The predicted octanol–water partition coefficient (Wildman–Crippen LogP) is 3.33. The number of Topliss-reactive ketones (excluding diaryl/α,β-unsaturated/α-hetero) is 1. The predicted molar refractivity (Wildman–Crippen MR) is 77.9 cm³/mol. The zero-order chi connectivity index (χ0) is 15.2. The van der Waals surface area contributed by atoms with Crippen molar-refractivity contribution in [2.45, 2.75) is 12.5 Å². The summed E-state index contributed by atoms with van der Waals surface area (Å²) in [5.74, 6) is -0.428. The van der Waals surface area contributed by atoms with Crippen LogP contribution in [0.4, 0.5) is 4.39 Å². The molecule has 0 amide bonds. The van der Waals surface area contributed by atoms with Gasteiger partial charge in [0, 0.05) is 13.5 Å². The second kappa shape index (κ2) is 6.99. The molecular weight excluding hydrogens is 271 g/mol. The first kappa shape index (κ1) is 15.2. The van der Waals surface area contributed by atoms with Crippen molar-refractivity contribution in [3.63, 3.8) is 0 Å². The van der Waals surface area contributed by atoms with Gasteiger partial charge in [-0.05, 0) is 23.3 Å². The minimum absolute atomic E-state index is 0.105. The Labute approximate surface area is 123 Å². The zero-order valence-corrected chi connectivity index (χ0v) is 12.0. The Hall–Kier alpha value is -2.20. The first-order chi connectivity index (χ1) is 10.2. The van der Waals surface area contributed by atoms with Crippen LogP contribution in [0.5, 0.6) is 5.75 Å². The van der Waals surface area contributed by atoms with Gasteiger partial charge in [0.25, 0.3) is 0 Å². The first-order valence-corrected chi connectivity index (χ1v) is 6.58. The van der Waals surface area contributed by atoms with Gasteiger partial charge in [-0.1, -0.05) is 36.4 Å². The number of hydrogen-bond acceptors (Lipinski definition) is 3. The van der Waals surface area contributed by atoms with Crippen molar-refractivity contribution in [3.05, 3.63) is 65.5 Å². The van der Waals surface area contributed by atoms with Crippen molar-refractivity contribution in [2.24, 2.45) is 0 Å². The number of methoxy groups -OCH3 is 2. The third kappa shape index (κ3) is 3.67. The summed E-state index contributed by atoms with van der Waals surface area (Å²) in [6.45, 7) is 0. The highest BCUT2D eigenvalue weighted by Gasteiger charge is 2.20. The van der Waals surface area contributed by atoms with Crippen LogP contribution < -0.4 is 4.74 Å². The van der Waals surface area contributed by atoms with Crippen LogP contribution in [-0.4, -0.2) is 20.0 Å². The number of rotatable bonds is 6. The monoisotopic (exact) mass is 288 g/mol. The highest BCUT2D eigenvalue weighted by atomic mass is 19.1. The fourth-order valence-corrected chi connectivity index (χ4v) is 2.19. The van der Waals surface area contributed by atoms with Gasteiger partial charge < -0.3 is 9.47 Å². The standard InChI is InChI=1S/C17H17FO3/c1-20-16-9-8-12(10-14(16)18)11-15(19)17(21-2)13-6-4-3-5-7-13/h3-10,17H,11H2,1-2H3. The van der Waals surface area contributed by atoms with Crippen LogP contribution in [0.1, 0.15) is 17.2 Å². The maximum absolute atomic E-state index is 13.6. The maximum atomic E-state index is 13.6. The second-order valence-electron chi connectivity index (χ2n) is 4.64. The molecule has 110 valence electrons. The zero-order valence-electron chi connectivity index (χ0n) is 12.0. The molecule has 0 fully saturated rings. The molecule has 3 nitrogen and oxygen atoms in total.